The number of nitrogens with zero attached hydrogens (tertiary/aromatic N) is 2. The number of amides is 1. The van der Waals surface area contributed by atoms with Crippen LogP contribution in [0.5, 0.6) is 5.88 Å². The van der Waals surface area contributed by atoms with Gasteiger partial charge in [0.25, 0.3) is 5.91 Å². The van der Waals surface area contributed by atoms with Gasteiger partial charge in [-0.05, 0) is 35.9 Å². The minimum atomic E-state index is -0.307. The van der Waals surface area contributed by atoms with Crippen LogP contribution in [0.1, 0.15) is 34.8 Å². The Kier molecular flexibility index (Phi) is 4.44. The summed E-state index contributed by atoms with van der Waals surface area (Å²) in [5, 5.41) is 14.2. The van der Waals surface area contributed by atoms with Crippen LogP contribution in [-0.2, 0) is 0 Å². The van der Waals surface area contributed by atoms with Crippen LogP contribution in [-0.4, -0.2) is 33.6 Å². The van der Waals surface area contributed by atoms with Crippen LogP contribution in [0.25, 0.3) is 0 Å². The molecule has 1 atom stereocenters. The van der Waals surface area contributed by atoms with Crippen molar-refractivity contribution in [2.24, 2.45) is 5.92 Å². The van der Waals surface area contributed by atoms with Gasteiger partial charge < -0.3 is 20.9 Å². The van der Waals surface area contributed by atoms with Crippen LogP contribution < -0.4 is 15.8 Å². The molecule has 1 aliphatic carbocycles. The van der Waals surface area contributed by atoms with Gasteiger partial charge in [-0.1, -0.05) is 6.07 Å². The van der Waals surface area contributed by atoms with Crippen LogP contribution in [0.3, 0.4) is 0 Å². The number of aliphatic hydroxyl groups excluding tert-OH is 1. The standard InChI is InChI=1S/C15H18N4O3S/c1-22-12-3-2-8(6-17-12)13(9-4-10(20)5-9)18-15(21)11-7-23-19-14(11)16/h2-3,6-7,9-10,13,20H,4-5H2,1H3,(H2,16,19)(H,18,21)/t9?,10?,13-/m1/s1. The Morgan fingerprint density at radius 1 is 1.52 bits per heavy atom. The normalized spacial score (nSPS) is 21.3. The second kappa shape index (κ2) is 6.51. The Hall–Kier alpha value is -2.19. The van der Waals surface area contributed by atoms with Gasteiger partial charge in [0.05, 0.1) is 24.8 Å². The van der Waals surface area contributed by atoms with Gasteiger partial charge >= 0.3 is 0 Å². The molecule has 0 aromatic carbocycles. The molecule has 4 N–H and O–H groups in total. The largest absolute Gasteiger partial charge is 0.481 e. The zero-order valence-electron chi connectivity index (χ0n) is 12.6. The fourth-order valence-corrected chi connectivity index (χ4v) is 3.30. The number of carbonyl (C=O) groups excluding carboxylic acids is 1. The molecule has 2 aromatic heterocycles. The lowest BCUT2D eigenvalue weighted by Gasteiger charge is -2.38. The van der Waals surface area contributed by atoms with Crippen molar-refractivity contribution in [1.82, 2.24) is 14.7 Å². The number of nitrogens with one attached hydrogen (secondary N) is 1. The molecule has 122 valence electrons. The third-order valence-electron chi connectivity index (χ3n) is 4.08. The van der Waals surface area contributed by atoms with Crippen LogP contribution >= 0.6 is 11.5 Å². The van der Waals surface area contributed by atoms with Gasteiger partial charge in [0, 0.05) is 17.6 Å². The lowest BCUT2D eigenvalue weighted by Crippen LogP contribution is -2.41. The van der Waals surface area contributed by atoms with E-state index < -0.39 is 0 Å². The molecule has 3 rings (SSSR count). The number of carbonyl (C=O) groups is 1. The van der Waals surface area contributed by atoms with Crippen molar-refractivity contribution in [1.29, 1.82) is 0 Å². The van der Waals surface area contributed by atoms with E-state index in [0.717, 1.165) is 17.1 Å². The summed E-state index contributed by atoms with van der Waals surface area (Å²) < 4.78 is 8.98. The van der Waals surface area contributed by atoms with Crippen molar-refractivity contribution in [3.63, 3.8) is 0 Å². The van der Waals surface area contributed by atoms with Crippen molar-refractivity contribution in [2.75, 3.05) is 12.8 Å². The summed E-state index contributed by atoms with van der Waals surface area (Å²) >= 11 is 1.15. The Bertz CT molecular complexity index is 682. The molecule has 8 heteroatoms. The Balaban J connectivity index is 1.80. The third-order valence-corrected chi connectivity index (χ3v) is 4.72. The number of nitrogens with two attached hydrogens (primary N) is 1. The Morgan fingerprint density at radius 2 is 2.30 bits per heavy atom. The summed E-state index contributed by atoms with van der Waals surface area (Å²) in [6.07, 6.45) is 2.67. The maximum atomic E-state index is 12.4. The van der Waals surface area contributed by atoms with Crippen molar-refractivity contribution in [3.8, 4) is 5.88 Å². The smallest absolute Gasteiger partial charge is 0.256 e. The number of anilines is 1. The van der Waals surface area contributed by atoms with Crippen LogP contribution in [0.2, 0.25) is 0 Å². The average Bonchev–Trinajstić information content (AvgIpc) is 2.96. The quantitative estimate of drug-likeness (QED) is 0.762. The van der Waals surface area contributed by atoms with E-state index in [2.05, 4.69) is 14.7 Å². The van der Waals surface area contributed by atoms with Crippen molar-refractivity contribution >= 4 is 23.3 Å². The molecular formula is C15H18N4O3S. The molecule has 2 heterocycles. The number of rotatable bonds is 5. The SMILES string of the molecule is COc1ccc([C@@H](NC(=O)c2csnc2N)C2CC(O)C2)cn1. The number of pyridine rings is 1. The van der Waals surface area contributed by atoms with Gasteiger partial charge in [0.1, 0.15) is 5.82 Å². The monoisotopic (exact) mass is 334 g/mol. The van der Waals surface area contributed by atoms with E-state index in [4.69, 9.17) is 10.5 Å². The van der Waals surface area contributed by atoms with Crippen molar-refractivity contribution in [3.05, 3.63) is 34.8 Å². The summed E-state index contributed by atoms with van der Waals surface area (Å²) in [7, 11) is 1.55. The van der Waals surface area contributed by atoms with Crippen molar-refractivity contribution < 1.29 is 14.6 Å². The Labute approximate surface area is 137 Å². The first-order chi connectivity index (χ1) is 11.1. The van der Waals surface area contributed by atoms with Gasteiger partial charge in [0.2, 0.25) is 5.88 Å². The highest BCUT2D eigenvalue weighted by Crippen LogP contribution is 2.38. The molecule has 0 unspecified atom stereocenters. The number of methoxy groups -OCH3 is 1. The maximum absolute atomic E-state index is 12.4. The fourth-order valence-electron chi connectivity index (χ4n) is 2.71. The minimum Gasteiger partial charge on any atom is -0.481 e. The van der Waals surface area contributed by atoms with E-state index in [1.807, 2.05) is 6.07 Å². The molecule has 1 aliphatic rings. The first kappa shape index (κ1) is 15.7. The topological polar surface area (TPSA) is 110 Å². The molecule has 0 spiro atoms. The van der Waals surface area contributed by atoms with Gasteiger partial charge in [-0.25, -0.2) is 4.98 Å². The summed E-state index contributed by atoms with van der Waals surface area (Å²) in [6, 6.07) is 3.39. The van der Waals surface area contributed by atoms with Gasteiger partial charge in [-0.2, -0.15) is 4.37 Å². The summed E-state index contributed by atoms with van der Waals surface area (Å²) in [6.45, 7) is 0. The zero-order chi connectivity index (χ0) is 16.4. The molecule has 0 aliphatic heterocycles. The number of aromatic nitrogens is 2. The summed E-state index contributed by atoms with van der Waals surface area (Å²) in [4.78, 5) is 16.6. The molecule has 1 amide bonds. The molecule has 7 nitrogen and oxygen atoms in total. The van der Waals surface area contributed by atoms with E-state index in [9.17, 15) is 9.90 Å². The molecule has 0 saturated heterocycles. The number of nitrogen functional groups attached to an aromatic ring is 1. The second-order valence-electron chi connectivity index (χ2n) is 5.58. The molecule has 1 saturated carbocycles. The fraction of sp³-hybridized carbons (Fsp3) is 0.400. The predicted molar refractivity (Wildman–Crippen MR) is 86.3 cm³/mol. The van der Waals surface area contributed by atoms with E-state index in [1.54, 1.807) is 24.8 Å². The van der Waals surface area contributed by atoms with E-state index >= 15 is 0 Å². The molecule has 0 bridgehead atoms. The predicted octanol–water partition coefficient (Wildman–Crippen LogP) is 1.37. The highest BCUT2D eigenvalue weighted by Gasteiger charge is 2.36. The van der Waals surface area contributed by atoms with Crippen LogP contribution in [0.4, 0.5) is 5.82 Å². The molecule has 23 heavy (non-hydrogen) atoms. The molecule has 2 aromatic rings. The van der Waals surface area contributed by atoms with Gasteiger partial charge in [-0.15, -0.1) is 0 Å². The zero-order valence-corrected chi connectivity index (χ0v) is 13.4. The first-order valence-corrected chi connectivity index (χ1v) is 8.11. The lowest BCUT2D eigenvalue weighted by molar-refractivity contribution is 0.0234. The molecular weight excluding hydrogens is 316 g/mol. The Morgan fingerprint density at radius 3 is 2.83 bits per heavy atom. The average molecular weight is 334 g/mol. The number of hydrogen-bond donors (Lipinski definition) is 3. The highest BCUT2D eigenvalue weighted by molar-refractivity contribution is 7.04. The van der Waals surface area contributed by atoms with E-state index in [-0.39, 0.29) is 29.8 Å². The number of hydrogen-bond acceptors (Lipinski definition) is 7. The van der Waals surface area contributed by atoms with Crippen molar-refractivity contribution in [2.45, 2.75) is 25.0 Å². The highest BCUT2D eigenvalue weighted by atomic mass is 32.1. The van der Waals surface area contributed by atoms with Crippen LogP contribution in [0, 0.1) is 5.92 Å². The number of aliphatic hydroxyl groups is 1. The van der Waals surface area contributed by atoms with Gasteiger partial charge in [-0.3, -0.25) is 4.79 Å². The number of ether oxygens (including phenoxy) is 1. The lowest BCUT2D eigenvalue weighted by atomic mass is 9.75. The third kappa shape index (κ3) is 3.27. The van der Waals surface area contributed by atoms with E-state index in [0.29, 0.717) is 24.3 Å². The first-order valence-electron chi connectivity index (χ1n) is 7.27. The molecule has 1 fully saturated rings. The van der Waals surface area contributed by atoms with Crippen LogP contribution in [0.15, 0.2) is 23.7 Å². The van der Waals surface area contributed by atoms with Gasteiger partial charge in [0.15, 0.2) is 0 Å². The maximum Gasteiger partial charge on any atom is 0.256 e. The summed E-state index contributed by atoms with van der Waals surface area (Å²) in [5.41, 5.74) is 6.96. The van der Waals surface area contributed by atoms with E-state index in [1.165, 1.54) is 0 Å². The molecule has 0 radical (unpaired) electrons. The minimum absolute atomic E-state index is 0.164. The second-order valence-corrected chi connectivity index (χ2v) is 6.21. The summed E-state index contributed by atoms with van der Waals surface area (Å²) in [5.74, 6) is 0.641.